The van der Waals surface area contributed by atoms with Gasteiger partial charge in [-0.25, -0.2) is 4.99 Å². The number of aliphatic imine (C=N–C) groups is 1. The van der Waals surface area contributed by atoms with Gasteiger partial charge in [-0.05, 0) is 18.4 Å². The summed E-state index contributed by atoms with van der Waals surface area (Å²) in [6.45, 7) is 5.35. The van der Waals surface area contributed by atoms with Crippen molar-refractivity contribution in [2.24, 2.45) is 4.99 Å². The van der Waals surface area contributed by atoms with Gasteiger partial charge in [-0.15, -0.1) is 24.0 Å². The van der Waals surface area contributed by atoms with Gasteiger partial charge >= 0.3 is 0 Å². The van der Waals surface area contributed by atoms with Gasteiger partial charge in [-0.2, -0.15) is 0 Å². The molecule has 0 saturated heterocycles. The highest BCUT2D eigenvalue weighted by molar-refractivity contribution is 14.0. The fourth-order valence-electron chi connectivity index (χ4n) is 3.00. The first-order valence-electron chi connectivity index (χ1n) is 9.19. The van der Waals surface area contributed by atoms with E-state index >= 15 is 0 Å². The van der Waals surface area contributed by atoms with E-state index in [4.69, 9.17) is 0 Å². The fraction of sp³-hybridized carbons (Fsp3) is 0.600. The topological polar surface area (TPSA) is 56.7 Å². The van der Waals surface area contributed by atoms with Crippen LogP contribution in [-0.2, 0) is 10.2 Å². The molecule has 0 aliphatic heterocycles. The van der Waals surface area contributed by atoms with Crippen molar-refractivity contribution in [1.29, 1.82) is 0 Å². The lowest BCUT2D eigenvalue weighted by Gasteiger charge is -2.27. The first-order valence-corrected chi connectivity index (χ1v) is 9.19. The Labute approximate surface area is 175 Å². The van der Waals surface area contributed by atoms with Crippen LogP contribution < -0.4 is 10.6 Å². The molecular formula is C20H33IN4O. The molecule has 1 fully saturated rings. The lowest BCUT2D eigenvalue weighted by Crippen LogP contribution is -2.47. The maximum atomic E-state index is 11.9. The molecule has 1 aliphatic carbocycles. The molecule has 26 heavy (non-hydrogen) atoms. The van der Waals surface area contributed by atoms with Crippen molar-refractivity contribution in [2.45, 2.75) is 51.0 Å². The van der Waals surface area contributed by atoms with E-state index in [0.717, 1.165) is 12.5 Å². The summed E-state index contributed by atoms with van der Waals surface area (Å²) < 4.78 is 0. The molecular weight excluding hydrogens is 439 g/mol. The van der Waals surface area contributed by atoms with Gasteiger partial charge in [0.05, 0.1) is 0 Å². The number of nitrogens with zero attached hydrogens (tertiary/aromatic N) is 2. The lowest BCUT2D eigenvalue weighted by molar-refractivity contribution is -0.127. The zero-order valence-corrected chi connectivity index (χ0v) is 18.7. The number of amides is 1. The van der Waals surface area contributed by atoms with E-state index in [0.29, 0.717) is 6.04 Å². The average molecular weight is 472 g/mol. The lowest BCUT2D eigenvalue weighted by atomic mass is 9.85. The molecule has 1 aromatic carbocycles. The Bertz CT molecular complexity index is 581. The van der Waals surface area contributed by atoms with Crippen molar-refractivity contribution < 1.29 is 4.79 Å². The van der Waals surface area contributed by atoms with Crippen LogP contribution in [0.4, 0.5) is 0 Å². The van der Waals surface area contributed by atoms with Crippen molar-refractivity contribution >= 4 is 35.8 Å². The molecule has 6 heteroatoms. The van der Waals surface area contributed by atoms with Gasteiger partial charge in [0, 0.05) is 32.1 Å². The number of carbonyl (C=O) groups is 1. The van der Waals surface area contributed by atoms with Gasteiger partial charge < -0.3 is 15.5 Å². The number of likely N-dealkylation sites (N-methyl/N-ethyl adjacent to an activating group) is 1. The van der Waals surface area contributed by atoms with Crippen LogP contribution in [0.3, 0.4) is 0 Å². The largest absolute Gasteiger partial charge is 0.356 e. The summed E-state index contributed by atoms with van der Waals surface area (Å²) >= 11 is 0. The van der Waals surface area contributed by atoms with E-state index in [1.807, 2.05) is 6.07 Å². The minimum absolute atomic E-state index is 0. The van der Waals surface area contributed by atoms with E-state index in [9.17, 15) is 4.79 Å². The number of benzene rings is 1. The highest BCUT2D eigenvalue weighted by Crippen LogP contribution is 2.22. The second-order valence-corrected chi connectivity index (χ2v) is 7.68. The van der Waals surface area contributed by atoms with Gasteiger partial charge in [-0.1, -0.05) is 57.0 Å². The molecule has 1 aromatic rings. The number of hydrogen-bond acceptors (Lipinski definition) is 2. The quantitative estimate of drug-likeness (QED) is 0.380. The SMILES string of the molecule is CN(C)C(=O)CN=C(NCC(C)(C)c1ccccc1)NC1CCCC1.I. The Hall–Kier alpha value is -1.31. The maximum Gasteiger partial charge on any atom is 0.243 e. The standard InChI is InChI=1S/C20H32N4O.HI/c1-20(2,16-10-6-5-7-11-16)15-22-19(21-14-18(25)24(3)4)23-17-12-8-9-13-17;/h5-7,10-11,17H,8-9,12-15H2,1-4H3,(H2,21,22,23);1H. The second kappa shape index (κ2) is 10.7. The van der Waals surface area contributed by atoms with Gasteiger partial charge in [0.15, 0.2) is 5.96 Å². The summed E-state index contributed by atoms with van der Waals surface area (Å²) in [4.78, 5) is 18.0. The van der Waals surface area contributed by atoms with Crippen LogP contribution in [0.15, 0.2) is 35.3 Å². The highest BCUT2D eigenvalue weighted by Gasteiger charge is 2.22. The molecule has 1 amide bonds. The molecule has 0 spiro atoms. The highest BCUT2D eigenvalue weighted by atomic mass is 127. The Morgan fingerprint density at radius 2 is 1.81 bits per heavy atom. The minimum Gasteiger partial charge on any atom is -0.356 e. The van der Waals surface area contributed by atoms with Gasteiger partial charge in [-0.3, -0.25) is 4.79 Å². The van der Waals surface area contributed by atoms with Gasteiger partial charge in [0.2, 0.25) is 5.91 Å². The number of rotatable bonds is 6. The summed E-state index contributed by atoms with van der Waals surface area (Å²) in [5.41, 5.74) is 1.26. The third-order valence-electron chi connectivity index (χ3n) is 4.82. The molecule has 0 unspecified atom stereocenters. The van der Waals surface area contributed by atoms with Gasteiger partial charge in [0.25, 0.3) is 0 Å². The van der Waals surface area contributed by atoms with Crippen molar-refractivity contribution in [3.63, 3.8) is 0 Å². The van der Waals surface area contributed by atoms with Crippen molar-refractivity contribution in [1.82, 2.24) is 15.5 Å². The monoisotopic (exact) mass is 472 g/mol. The molecule has 1 aliphatic rings. The molecule has 0 radical (unpaired) electrons. The Balaban J connectivity index is 0.00000338. The van der Waals surface area contributed by atoms with Crippen molar-refractivity contribution in [3.8, 4) is 0 Å². The fourth-order valence-corrected chi connectivity index (χ4v) is 3.00. The van der Waals surface area contributed by atoms with E-state index in [-0.39, 0.29) is 41.8 Å². The Morgan fingerprint density at radius 3 is 2.38 bits per heavy atom. The second-order valence-electron chi connectivity index (χ2n) is 7.68. The molecule has 146 valence electrons. The van der Waals surface area contributed by atoms with Crippen molar-refractivity contribution in [3.05, 3.63) is 35.9 Å². The molecule has 0 atom stereocenters. The summed E-state index contributed by atoms with van der Waals surface area (Å²) in [5.74, 6) is 0.751. The minimum atomic E-state index is -0.0229. The molecule has 5 nitrogen and oxygen atoms in total. The van der Waals surface area contributed by atoms with E-state index < -0.39 is 0 Å². The number of carbonyl (C=O) groups excluding carboxylic acids is 1. The van der Waals surface area contributed by atoms with Crippen LogP contribution >= 0.6 is 24.0 Å². The molecule has 2 N–H and O–H groups in total. The number of hydrogen-bond donors (Lipinski definition) is 2. The predicted octanol–water partition coefficient (Wildman–Crippen LogP) is 3.15. The number of nitrogens with one attached hydrogen (secondary N) is 2. The molecule has 0 aromatic heterocycles. The van der Waals surface area contributed by atoms with Gasteiger partial charge in [0.1, 0.15) is 6.54 Å². The molecule has 2 rings (SSSR count). The first kappa shape index (κ1) is 22.7. The first-order chi connectivity index (χ1) is 11.9. The molecule has 1 saturated carbocycles. The van der Waals surface area contributed by atoms with Crippen LogP contribution in [-0.4, -0.2) is 50.0 Å². The zero-order chi connectivity index (χ0) is 18.3. The Kier molecular flexibility index (Phi) is 9.39. The normalized spacial score (nSPS) is 15.3. The summed E-state index contributed by atoms with van der Waals surface area (Å²) in [6.07, 6.45) is 4.86. The summed E-state index contributed by atoms with van der Waals surface area (Å²) in [7, 11) is 3.52. The molecule has 0 heterocycles. The van der Waals surface area contributed by atoms with E-state index in [2.05, 4.69) is 53.7 Å². The third kappa shape index (κ3) is 7.13. The van der Waals surface area contributed by atoms with Crippen LogP contribution in [0.2, 0.25) is 0 Å². The van der Waals surface area contributed by atoms with Crippen LogP contribution in [0.1, 0.15) is 45.1 Å². The summed E-state index contributed by atoms with van der Waals surface area (Å²) in [5, 5.41) is 6.95. The van der Waals surface area contributed by atoms with E-state index in [1.165, 1.54) is 31.2 Å². The smallest absolute Gasteiger partial charge is 0.243 e. The van der Waals surface area contributed by atoms with Crippen LogP contribution in [0.25, 0.3) is 0 Å². The summed E-state index contributed by atoms with van der Waals surface area (Å²) in [6, 6.07) is 10.9. The number of guanidine groups is 1. The molecule has 0 bridgehead atoms. The Morgan fingerprint density at radius 1 is 1.19 bits per heavy atom. The third-order valence-corrected chi connectivity index (χ3v) is 4.82. The van der Waals surface area contributed by atoms with Crippen molar-refractivity contribution in [2.75, 3.05) is 27.2 Å². The zero-order valence-electron chi connectivity index (χ0n) is 16.4. The van der Waals surface area contributed by atoms with E-state index in [1.54, 1.807) is 19.0 Å². The van der Waals surface area contributed by atoms with Crippen LogP contribution in [0, 0.1) is 0 Å². The van der Waals surface area contributed by atoms with Crippen LogP contribution in [0.5, 0.6) is 0 Å². The maximum absolute atomic E-state index is 11.9. The number of halogens is 1. The average Bonchev–Trinajstić information content (AvgIpc) is 3.10. The predicted molar refractivity (Wildman–Crippen MR) is 119 cm³/mol.